The Morgan fingerprint density at radius 1 is 1.38 bits per heavy atom. The molecule has 0 saturated heterocycles. The molecule has 0 fully saturated rings. The number of nitrogens with one attached hydrogen (secondary N) is 3. The Balaban J connectivity index is 4.55. The SMILES string of the molecule is CC(C)(NS(=O)(=O)NCC(F)(F)F)C(=N)N. The van der Waals surface area contributed by atoms with E-state index in [1.165, 1.54) is 18.6 Å². The van der Waals surface area contributed by atoms with Crippen LogP contribution < -0.4 is 15.2 Å². The first-order valence-electron chi connectivity index (χ1n) is 4.05. The van der Waals surface area contributed by atoms with Crippen LogP contribution in [0.3, 0.4) is 0 Å². The maximum Gasteiger partial charge on any atom is 0.402 e. The fourth-order valence-electron chi connectivity index (χ4n) is 0.604. The minimum atomic E-state index is -4.64. The average molecular weight is 262 g/mol. The summed E-state index contributed by atoms with van der Waals surface area (Å²) in [4.78, 5) is 0. The number of hydrogen-bond donors (Lipinski definition) is 4. The lowest BCUT2D eigenvalue weighted by atomic mass is 10.1. The van der Waals surface area contributed by atoms with Crippen LogP contribution in [0.1, 0.15) is 13.8 Å². The van der Waals surface area contributed by atoms with E-state index in [-0.39, 0.29) is 0 Å². The third-order valence-corrected chi connectivity index (χ3v) is 2.83. The molecule has 0 rings (SSSR count). The first kappa shape index (κ1) is 15.1. The normalized spacial score (nSPS) is 13.8. The van der Waals surface area contributed by atoms with Crippen LogP contribution in [0.4, 0.5) is 13.2 Å². The number of amidine groups is 1. The van der Waals surface area contributed by atoms with E-state index >= 15 is 0 Å². The average Bonchev–Trinajstić information content (AvgIpc) is 1.97. The lowest BCUT2D eigenvalue weighted by molar-refractivity contribution is -0.121. The smallest absolute Gasteiger partial charge is 0.386 e. The highest BCUT2D eigenvalue weighted by atomic mass is 32.2. The van der Waals surface area contributed by atoms with Crippen LogP contribution in [0, 0.1) is 5.41 Å². The summed E-state index contributed by atoms with van der Waals surface area (Å²) in [5, 5.41) is 7.03. The van der Waals surface area contributed by atoms with Crippen molar-refractivity contribution in [1.82, 2.24) is 9.44 Å². The molecule has 0 bridgehead atoms. The zero-order valence-corrected chi connectivity index (χ0v) is 9.46. The Hall–Kier alpha value is -0.870. The first-order valence-corrected chi connectivity index (χ1v) is 5.54. The van der Waals surface area contributed by atoms with Crippen LogP contribution in [0.2, 0.25) is 0 Å². The van der Waals surface area contributed by atoms with Crippen molar-refractivity contribution < 1.29 is 21.6 Å². The van der Waals surface area contributed by atoms with Crippen molar-refractivity contribution >= 4 is 16.0 Å². The molecular weight excluding hydrogens is 249 g/mol. The third-order valence-electron chi connectivity index (χ3n) is 1.53. The van der Waals surface area contributed by atoms with Gasteiger partial charge in [0.15, 0.2) is 0 Å². The molecule has 0 aliphatic heterocycles. The van der Waals surface area contributed by atoms with Gasteiger partial charge in [-0.1, -0.05) is 0 Å². The highest BCUT2D eigenvalue weighted by molar-refractivity contribution is 7.87. The van der Waals surface area contributed by atoms with E-state index in [0.717, 1.165) is 0 Å². The van der Waals surface area contributed by atoms with Gasteiger partial charge in [0.2, 0.25) is 0 Å². The van der Waals surface area contributed by atoms with Crippen molar-refractivity contribution in [3.63, 3.8) is 0 Å². The van der Waals surface area contributed by atoms with Gasteiger partial charge in [-0.3, -0.25) is 5.41 Å². The zero-order valence-electron chi connectivity index (χ0n) is 8.64. The Kier molecular flexibility index (Phi) is 4.31. The summed E-state index contributed by atoms with van der Waals surface area (Å²) >= 11 is 0. The first-order chi connectivity index (χ1) is 6.86. The van der Waals surface area contributed by atoms with Crippen molar-refractivity contribution in [2.24, 2.45) is 5.73 Å². The Bertz CT molecular complexity index is 362. The van der Waals surface area contributed by atoms with Gasteiger partial charge in [-0.05, 0) is 13.8 Å². The molecule has 16 heavy (non-hydrogen) atoms. The molecular formula is C6H13F3N4O2S. The molecule has 0 aliphatic carbocycles. The minimum absolute atomic E-state index is 0.509. The molecule has 0 aliphatic rings. The molecule has 0 saturated carbocycles. The van der Waals surface area contributed by atoms with Crippen molar-refractivity contribution in [3.05, 3.63) is 0 Å². The van der Waals surface area contributed by atoms with Gasteiger partial charge in [0.05, 0.1) is 5.54 Å². The summed E-state index contributed by atoms with van der Waals surface area (Å²) in [5.74, 6) is -0.509. The van der Waals surface area contributed by atoms with Gasteiger partial charge in [0, 0.05) is 0 Å². The van der Waals surface area contributed by atoms with Crippen molar-refractivity contribution in [2.45, 2.75) is 25.6 Å². The predicted molar refractivity (Wildman–Crippen MR) is 52.1 cm³/mol. The molecule has 0 unspecified atom stereocenters. The second-order valence-electron chi connectivity index (χ2n) is 3.58. The van der Waals surface area contributed by atoms with E-state index in [1.54, 1.807) is 0 Å². The number of alkyl halides is 3. The quantitative estimate of drug-likeness (QED) is 0.403. The zero-order chi connectivity index (χ0) is 13.2. The van der Waals surface area contributed by atoms with Gasteiger partial charge in [0.25, 0.3) is 10.2 Å². The molecule has 0 radical (unpaired) electrons. The van der Waals surface area contributed by atoms with E-state index in [1.807, 2.05) is 4.72 Å². The predicted octanol–water partition coefficient (Wildman–Crippen LogP) is -0.313. The molecule has 6 nitrogen and oxygen atoms in total. The summed E-state index contributed by atoms with van der Waals surface area (Å²) in [5.41, 5.74) is 3.62. The highest BCUT2D eigenvalue weighted by Gasteiger charge is 2.32. The number of nitrogens with two attached hydrogens (primary N) is 1. The lowest BCUT2D eigenvalue weighted by Gasteiger charge is -2.24. The molecule has 0 aromatic rings. The topological polar surface area (TPSA) is 108 Å². The minimum Gasteiger partial charge on any atom is -0.386 e. The molecule has 0 amide bonds. The second-order valence-corrected chi connectivity index (χ2v) is 5.08. The highest BCUT2D eigenvalue weighted by Crippen LogP contribution is 2.13. The summed E-state index contributed by atoms with van der Waals surface area (Å²) in [6.45, 7) is 0.820. The van der Waals surface area contributed by atoms with Gasteiger partial charge in [-0.25, -0.2) is 0 Å². The van der Waals surface area contributed by atoms with Crippen LogP contribution >= 0.6 is 0 Å². The molecule has 0 aromatic carbocycles. The van der Waals surface area contributed by atoms with E-state index in [0.29, 0.717) is 0 Å². The maximum absolute atomic E-state index is 11.8. The Morgan fingerprint density at radius 2 is 1.81 bits per heavy atom. The fourth-order valence-corrected chi connectivity index (χ4v) is 1.81. The standard InChI is InChI=1S/C6H13F3N4O2S/c1-5(2,4(10)11)13-16(14,15)12-3-6(7,8)9/h12-13H,3H2,1-2H3,(H3,10,11). The summed E-state index contributed by atoms with van der Waals surface area (Å²) in [6.07, 6.45) is -4.64. The van der Waals surface area contributed by atoms with Crippen LogP contribution in [0.25, 0.3) is 0 Å². The van der Waals surface area contributed by atoms with Gasteiger partial charge in [0.1, 0.15) is 12.4 Å². The molecule has 0 heterocycles. The van der Waals surface area contributed by atoms with E-state index < -0.39 is 34.3 Å². The van der Waals surface area contributed by atoms with E-state index in [9.17, 15) is 21.6 Å². The van der Waals surface area contributed by atoms with Gasteiger partial charge in [-0.2, -0.15) is 31.0 Å². The van der Waals surface area contributed by atoms with Crippen molar-refractivity contribution in [3.8, 4) is 0 Å². The second kappa shape index (κ2) is 4.55. The molecule has 10 heteroatoms. The summed E-state index contributed by atoms with van der Waals surface area (Å²) in [6, 6.07) is 0. The monoisotopic (exact) mass is 262 g/mol. The Labute approximate surface area is 91.1 Å². The van der Waals surface area contributed by atoms with Crippen LogP contribution in [0.5, 0.6) is 0 Å². The number of hydrogen-bond acceptors (Lipinski definition) is 3. The lowest BCUT2D eigenvalue weighted by Crippen LogP contribution is -2.56. The Morgan fingerprint density at radius 3 is 2.12 bits per heavy atom. The molecule has 0 aromatic heterocycles. The maximum atomic E-state index is 11.8. The largest absolute Gasteiger partial charge is 0.402 e. The van der Waals surface area contributed by atoms with Crippen molar-refractivity contribution in [1.29, 1.82) is 5.41 Å². The number of rotatable bonds is 5. The van der Waals surface area contributed by atoms with Gasteiger partial charge >= 0.3 is 6.18 Å². The fraction of sp³-hybridized carbons (Fsp3) is 0.833. The van der Waals surface area contributed by atoms with Crippen LogP contribution in [-0.4, -0.2) is 32.5 Å². The molecule has 0 atom stereocenters. The molecule has 96 valence electrons. The van der Waals surface area contributed by atoms with E-state index in [4.69, 9.17) is 11.1 Å². The third kappa shape index (κ3) is 5.88. The van der Waals surface area contributed by atoms with E-state index in [2.05, 4.69) is 0 Å². The summed E-state index contributed by atoms with van der Waals surface area (Å²) < 4.78 is 60.6. The molecule has 0 spiro atoms. The number of halogens is 3. The van der Waals surface area contributed by atoms with Crippen molar-refractivity contribution in [2.75, 3.05) is 6.54 Å². The van der Waals surface area contributed by atoms with Crippen LogP contribution in [0.15, 0.2) is 0 Å². The van der Waals surface area contributed by atoms with Gasteiger partial charge in [-0.15, -0.1) is 0 Å². The van der Waals surface area contributed by atoms with Crippen LogP contribution in [-0.2, 0) is 10.2 Å². The summed E-state index contributed by atoms with van der Waals surface area (Å²) in [7, 11) is -4.36. The molecule has 5 N–H and O–H groups in total. The van der Waals surface area contributed by atoms with Gasteiger partial charge < -0.3 is 5.73 Å².